The summed E-state index contributed by atoms with van der Waals surface area (Å²) in [5.41, 5.74) is 2.43. The highest BCUT2D eigenvalue weighted by Crippen LogP contribution is 2.19. The van der Waals surface area contributed by atoms with Crippen LogP contribution in [0.3, 0.4) is 0 Å². The molecule has 3 heterocycles. The minimum atomic E-state index is -0.389. The number of nitrogens with zero attached hydrogens (tertiary/aromatic N) is 2. The summed E-state index contributed by atoms with van der Waals surface area (Å²) in [4.78, 5) is 26.2. The van der Waals surface area contributed by atoms with E-state index in [4.69, 9.17) is 0 Å². The van der Waals surface area contributed by atoms with Crippen LogP contribution < -0.4 is 10.6 Å². The molecule has 0 radical (unpaired) electrons. The summed E-state index contributed by atoms with van der Waals surface area (Å²) in [7, 11) is 0. The number of aromatic nitrogens is 2. The fourth-order valence-corrected chi connectivity index (χ4v) is 2.90. The average molecular weight is 277 g/mol. The number of piperazine rings is 1. The van der Waals surface area contributed by atoms with Crippen molar-refractivity contribution in [1.29, 1.82) is 0 Å². The number of amides is 2. The van der Waals surface area contributed by atoms with Crippen LogP contribution in [0.2, 0.25) is 0 Å². The van der Waals surface area contributed by atoms with Crippen molar-refractivity contribution in [3.05, 3.63) is 17.0 Å². The quantitative estimate of drug-likeness (QED) is 0.674. The van der Waals surface area contributed by atoms with E-state index in [2.05, 4.69) is 20.8 Å². The molecule has 20 heavy (non-hydrogen) atoms. The zero-order chi connectivity index (χ0) is 14.1. The third-order valence-electron chi connectivity index (χ3n) is 3.99. The molecule has 7 heteroatoms. The molecule has 2 aliphatic rings. The van der Waals surface area contributed by atoms with Crippen LogP contribution in [0.1, 0.15) is 35.1 Å². The van der Waals surface area contributed by atoms with Gasteiger partial charge in [0.1, 0.15) is 6.04 Å². The monoisotopic (exact) mass is 277 g/mol. The lowest BCUT2D eigenvalue weighted by atomic mass is 10.0. The number of hydrogen-bond donors (Lipinski definition) is 3. The Hall–Kier alpha value is -1.89. The maximum absolute atomic E-state index is 12.7. The third-order valence-corrected chi connectivity index (χ3v) is 3.99. The Balaban J connectivity index is 1.88. The Morgan fingerprint density at radius 2 is 2.30 bits per heavy atom. The van der Waals surface area contributed by atoms with Gasteiger partial charge in [-0.05, 0) is 6.42 Å². The second-order valence-electron chi connectivity index (χ2n) is 5.17. The lowest BCUT2D eigenvalue weighted by molar-refractivity contribution is -0.127. The van der Waals surface area contributed by atoms with Crippen molar-refractivity contribution in [3.8, 4) is 0 Å². The van der Waals surface area contributed by atoms with Gasteiger partial charge in [-0.25, -0.2) is 0 Å². The molecule has 3 rings (SSSR count). The Labute approximate surface area is 117 Å². The highest BCUT2D eigenvalue weighted by atomic mass is 16.2. The molecule has 1 fully saturated rings. The summed E-state index contributed by atoms with van der Waals surface area (Å²) in [6, 6.07) is -0.389. The van der Waals surface area contributed by atoms with Gasteiger partial charge in [-0.2, -0.15) is 5.10 Å². The zero-order valence-corrected chi connectivity index (χ0v) is 11.5. The van der Waals surface area contributed by atoms with Crippen LogP contribution in [0.15, 0.2) is 0 Å². The summed E-state index contributed by atoms with van der Waals surface area (Å²) >= 11 is 0. The molecule has 0 aliphatic carbocycles. The normalized spacial score (nSPS) is 22.4. The second kappa shape index (κ2) is 5.24. The number of carbonyl (C=O) groups excluding carboxylic acids is 2. The molecule has 0 bridgehead atoms. The number of H-pyrrole nitrogens is 1. The largest absolute Gasteiger partial charge is 0.353 e. The van der Waals surface area contributed by atoms with Crippen LogP contribution in [0.5, 0.6) is 0 Å². The number of rotatable bonds is 2. The van der Waals surface area contributed by atoms with E-state index in [9.17, 15) is 9.59 Å². The van der Waals surface area contributed by atoms with Gasteiger partial charge in [-0.1, -0.05) is 6.92 Å². The maximum Gasteiger partial charge on any atom is 0.275 e. The van der Waals surface area contributed by atoms with Crippen LogP contribution in [0, 0.1) is 0 Å². The minimum Gasteiger partial charge on any atom is -0.353 e. The van der Waals surface area contributed by atoms with Crippen molar-refractivity contribution in [2.75, 3.05) is 19.6 Å². The van der Waals surface area contributed by atoms with Crippen molar-refractivity contribution >= 4 is 11.8 Å². The molecule has 0 spiro atoms. The van der Waals surface area contributed by atoms with Gasteiger partial charge in [0.2, 0.25) is 5.91 Å². The molecule has 0 saturated carbocycles. The molecule has 3 N–H and O–H groups in total. The standard InChI is InChI=1S/C13H19N5O2/c1-2-10-12(19)15-5-6-18(10)13(20)11-8-7-14-4-3-9(8)16-17-11/h10,14H,2-7H2,1H3,(H,15,19)(H,16,17). The van der Waals surface area contributed by atoms with Crippen molar-refractivity contribution in [2.45, 2.75) is 32.4 Å². The predicted octanol–water partition coefficient (Wildman–Crippen LogP) is -0.594. The van der Waals surface area contributed by atoms with E-state index < -0.39 is 0 Å². The lowest BCUT2D eigenvalue weighted by Gasteiger charge is -2.34. The minimum absolute atomic E-state index is 0.0744. The van der Waals surface area contributed by atoms with Gasteiger partial charge >= 0.3 is 0 Å². The van der Waals surface area contributed by atoms with Crippen LogP contribution in [-0.2, 0) is 17.8 Å². The van der Waals surface area contributed by atoms with Gasteiger partial charge < -0.3 is 15.5 Å². The van der Waals surface area contributed by atoms with E-state index in [1.165, 1.54) is 0 Å². The van der Waals surface area contributed by atoms with Crippen LogP contribution >= 0.6 is 0 Å². The Morgan fingerprint density at radius 1 is 1.45 bits per heavy atom. The SMILES string of the molecule is CCC1C(=O)NCCN1C(=O)c1n[nH]c2c1CNCC2. The number of carbonyl (C=O) groups is 2. The van der Waals surface area contributed by atoms with E-state index in [1.807, 2.05) is 6.92 Å². The number of aromatic amines is 1. The first-order chi connectivity index (χ1) is 9.72. The first kappa shape index (κ1) is 13.1. The Morgan fingerprint density at radius 3 is 3.10 bits per heavy atom. The van der Waals surface area contributed by atoms with Gasteiger partial charge in [-0.3, -0.25) is 14.7 Å². The van der Waals surface area contributed by atoms with Gasteiger partial charge in [-0.15, -0.1) is 0 Å². The number of fused-ring (bicyclic) bond motifs is 1. The lowest BCUT2D eigenvalue weighted by Crippen LogP contribution is -2.57. The zero-order valence-electron chi connectivity index (χ0n) is 11.5. The van der Waals surface area contributed by atoms with E-state index >= 15 is 0 Å². The molecule has 2 amide bonds. The van der Waals surface area contributed by atoms with Gasteiger partial charge in [0, 0.05) is 43.9 Å². The molecule has 1 aromatic rings. The fraction of sp³-hybridized carbons (Fsp3) is 0.615. The third kappa shape index (κ3) is 2.07. The Bertz CT molecular complexity index is 539. The summed E-state index contributed by atoms with van der Waals surface area (Å²) in [5.74, 6) is -0.220. The predicted molar refractivity (Wildman–Crippen MR) is 72.1 cm³/mol. The summed E-state index contributed by atoms with van der Waals surface area (Å²) in [5, 5.41) is 13.2. The number of hydrogen-bond acceptors (Lipinski definition) is 4. The van der Waals surface area contributed by atoms with Crippen molar-refractivity contribution in [3.63, 3.8) is 0 Å². The average Bonchev–Trinajstić information content (AvgIpc) is 2.90. The topological polar surface area (TPSA) is 90.1 Å². The molecule has 1 unspecified atom stereocenters. The molecule has 1 saturated heterocycles. The van der Waals surface area contributed by atoms with Gasteiger partial charge in [0.05, 0.1) is 0 Å². The fourth-order valence-electron chi connectivity index (χ4n) is 2.90. The second-order valence-corrected chi connectivity index (χ2v) is 5.17. The molecular formula is C13H19N5O2. The number of nitrogens with one attached hydrogen (secondary N) is 3. The molecule has 7 nitrogen and oxygen atoms in total. The van der Waals surface area contributed by atoms with Gasteiger partial charge in [0.25, 0.3) is 5.91 Å². The van der Waals surface area contributed by atoms with Crippen LogP contribution in [0.4, 0.5) is 0 Å². The molecule has 108 valence electrons. The van der Waals surface area contributed by atoms with Crippen LogP contribution in [0.25, 0.3) is 0 Å². The van der Waals surface area contributed by atoms with E-state index in [-0.39, 0.29) is 17.9 Å². The van der Waals surface area contributed by atoms with Crippen molar-refractivity contribution < 1.29 is 9.59 Å². The van der Waals surface area contributed by atoms with E-state index in [1.54, 1.807) is 4.90 Å². The van der Waals surface area contributed by atoms with E-state index in [0.29, 0.717) is 31.7 Å². The molecule has 1 aromatic heterocycles. The Kier molecular flexibility index (Phi) is 3.43. The van der Waals surface area contributed by atoms with Crippen molar-refractivity contribution in [1.82, 2.24) is 25.7 Å². The summed E-state index contributed by atoms with van der Waals surface area (Å²) in [6.07, 6.45) is 1.47. The molecular weight excluding hydrogens is 258 g/mol. The highest BCUT2D eigenvalue weighted by molar-refractivity contribution is 5.98. The summed E-state index contributed by atoms with van der Waals surface area (Å²) < 4.78 is 0. The smallest absolute Gasteiger partial charge is 0.275 e. The van der Waals surface area contributed by atoms with Crippen molar-refractivity contribution in [2.24, 2.45) is 0 Å². The molecule has 1 atom stereocenters. The van der Waals surface area contributed by atoms with Crippen LogP contribution in [-0.4, -0.2) is 52.6 Å². The molecule has 0 aromatic carbocycles. The van der Waals surface area contributed by atoms with E-state index in [0.717, 1.165) is 24.2 Å². The highest BCUT2D eigenvalue weighted by Gasteiger charge is 2.34. The van der Waals surface area contributed by atoms with Gasteiger partial charge in [0.15, 0.2) is 5.69 Å². The maximum atomic E-state index is 12.7. The first-order valence-corrected chi connectivity index (χ1v) is 7.08. The first-order valence-electron chi connectivity index (χ1n) is 7.08. The summed E-state index contributed by atoms with van der Waals surface area (Å²) in [6.45, 7) is 4.51. The molecule has 2 aliphatic heterocycles.